The minimum atomic E-state index is -0.0244. The Hall–Kier alpha value is -2.37. The van der Waals surface area contributed by atoms with Crippen LogP contribution in [0, 0.1) is 17.8 Å². The lowest BCUT2D eigenvalue weighted by molar-refractivity contribution is -0.141. The van der Waals surface area contributed by atoms with Crippen molar-refractivity contribution in [2.75, 3.05) is 40.4 Å². The zero-order valence-corrected chi connectivity index (χ0v) is 26.6. The average molecular weight is 575 g/mol. The van der Waals surface area contributed by atoms with E-state index in [1.165, 1.54) is 30.5 Å². The number of fused-ring (bicyclic) bond motifs is 1. The number of aryl methyl sites for hydroxylation is 1. The van der Waals surface area contributed by atoms with E-state index in [0.29, 0.717) is 24.2 Å². The molecule has 0 bridgehead atoms. The Morgan fingerprint density at radius 2 is 1.86 bits per heavy atom. The summed E-state index contributed by atoms with van der Waals surface area (Å²) in [6.45, 7) is 8.73. The van der Waals surface area contributed by atoms with Crippen LogP contribution in [0.3, 0.4) is 0 Å². The van der Waals surface area contributed by atoms with Crippen molar-refractivity contribution in [2.24, 2.45) is 17.8 Å². The number of carbonyl (C=O) groups excluding carboxylic acids is 1. The van der Waals surface area contributed by atoms with Gasteiger partial charge in [0, 0.05) is 50.5 Å². The van der Waals surface area contributed by atoms with Crippen molar-refractivity contribution in [3.63, 3.8) is 0 Å². The molecule has 3 aliphatic rings. The number of piperidine rings is 1. The SMILES string of the molecule is COc1cccc([C@@]23CCN(CC4CC4)C[C@H]2C(OC)C[C@H](N(CC(C)C)C(=O)CCCCCc2ccccc2)C3)c1. The van der Waals surface area contributed by atoms with Gasteiger partial charge in [-0.3, -0.25) is 4.79 Å². The third-order valence-electron chi connectivity index (χ3n) is 10.3. The lowest BCUT2D eigenvalue weighted by atomic mass is 9.56. The molecule has 230 valence electrons. The van der Waals surface area contributed by atoms with Gasteiger partial charge in [0.05, 0.1) is 13.2 Å². The van der Waals surface area contributed by atoms with E-state index in [2.05, 4.69) is 78.2 Å². The highest BCUT2D eigenvalue weighted by Gasteiger charge is 2.54. The van der Waals surface area contributed by atoms with Gasteiger partial charge in [-0.2, -0.15) is 0 Å². The molecule has 5 nitrogen and oxygen atoms in total. The van der Waals surface area contributed by atoms with Crippen LogP contribution in [0.2, 0.25) is 0 Å². The fourth-order valence-corrected chi connectivity index (χ4v) is 7.91. The molecule has 1 aliphatic heterocycles. The van der Waals surface area contributed by atoms with Crippen LogP contribution in [-0.4, -0.2) is 68.3 Å². The topological polar surface area (TPSA) is 42.0 Å². The van der Waals surface area contributed by atoms with E-state index in [1.807, 2.05) is 7.11 Å². The Morgan fingerprint density at radius 3 is 2.57 bits per heavy atom. The largest absolute Gasteiger partial charge is 0.497 e. The van der Waals surface area contributed by atoms with Crippen LogP contribution < -0.4 is 4.74 Å². The van der Waals surface area contributed by atoms with Crippen LogP contribution in [0.1, 0.15) is 82.8 Å². The van der Waals surface area contributed by atoms with Crippen molar-refractivity contribution < 1.29 is 14.3 Å². The maximum absolute atomic E-state index is 13.9. The lowest BCUT2D eigenvalue weighted by Gasteiger charge is -2.57. The highest BCUT2D eigenvalue weighted by Crippen LogP contribution is 2.52. The Kier molecular flexibility index (Phi) is 10.7. The van der Waals surface area contributed by atoms with Crippen molar-refractivity contribution in [2.45, 2.75) is 95.6 Å². The zero-order valence-electron chi connectivity index (χ0n) is 26.6. The van der Waals surface area contributed by atoms with E-state index in [9.17, 15) is 4.79 Å². The van der Waals surface area contributed by atoms with Crippen LogP contribution >= 0.6 is 0 Å². The van der Waals surface area contributed by atoms with Gasteiger partial charge in [0.1, 0.15) is 5.75 Å². The normalized spacial score (nSPS) is 26.2. The Labute approximate surface area is 255 Å². The van der Waals surface area contributed by atoms with Crippen molar-refractivity contribution in [3.8, 4) is 5.75 Å². The van der Waals surface area contributed by atoms with Gasteiger partial charge in [-0.1, -0.05) is 62.7 Å². The molecule has 2 aliphatic carbocycles. The number of nitrogens with zero attached hydrogens (tertiary/aromatic N) is 2. The lowest BCUT2D eigenvalue weighted by Crippen LogP contribution is -2.62. The van der Waals surface area contributed by atoms with E-state index < -0.39 is 0 Å². The first-order valence-corrected chi connectivity index (χ1v) is 16.6. The number of hydrogen-bond acceptors (Lipinski definition) is 4. The molecule has 3 fully saturated rings. The summed E-state index contributed by atoms with van der Waals surface area (Å²) in [6.07, 6.45) is 10.9. The van der Waals surface area contributed by atoms with Crippen LogP contribution in [0.15, 0.2) is 54.6 Å². The Balaban J connectivity index is 1.33. The first kappa shape index (κ1) is 31.1. The fraction of sp³-hybridized carbons (Fsp3) is 0.649. The molecular formula is C37H54N2O3. The number of methoxy groups -OCH3 is 2. The minimum Gasteiger partial charge on any atom is -0.497 e. The Bertz CT molecular complexity index is 1130. The van der Waals surface area contributed by atoms with Gasteiger partial charge < -0.3 is 19.3 Å². The standard InChI is InChI=1S/C37H54N2O3/c1-28(2)25-39(36(40)17-10-6-9-14-29-12-7-5-8-13-29)32-23-35(42-4)34-27-38(26-30-18-19-30)21-20-37(34,24-32)31-15-11-16-33(22-31)41-3/h5,7-8,11-13,15-16,22,28,30,32,34-35H,6,9-10,14,17-21,23-27H2,1-4H3/t32-,34-,35?,37-/m0/s1. The molecule has 0 radical (unpaired) electrons. The van der Waals surface area contributed by atoms with E-state index in [4.69, 9.17) is 9.47 Å². The molecule has 2 aromatic rings. The zero-order chi connectivity index (χ0) is 29.5. The molecule has 5 rings (SSSR count). The number of amides is 1. The number of benzene rings is 2. The molecule has 0 spiro atoms. The molecule has 4 atom stereocenters. The number of ether oxygens (including phenoxy) is 2. The van der Waals surface area contributed by atoms with Crippen LogP contribution in [0.4, 0.5) is 0 Å². The quantitative estimate of drug-likeness (QED) is 0.225. The number of unbranched alkanes of at least 4 members (excludes halogenated alkanes) is 2. The summed E-state index contributed by atoms with van der Waals surface area (Å²) in [5.41, 5.74) is 2.73. The summed E-state index contributed by atoms with van der Waals surface area (Å²) >= 11 is 0. The first-order valence-electron chi connectivity index (χ1n) is 16.6. The molecule has 1 heterocycles. The van der Waals surface area contributed by atoms with Crippen molar-refractivity contribution >= 4 is 5.91 Å². The van der Waals surface area contributed by atoms with E-state index in [1.54, 1.807) is 7.11 Å². The third kappa shape index (κ3) is 7.58. The third-order valence-corrected chi connectivity index (χ3v) is 10.3. The predicted octanol–water partition coefficient (Wildman–Crippen LogP) is 7.13. The fourth-order valence-electron chi connectivity index (χ4n) is 7.91. The van der Waals surface area contributed by atoms with Gasteiger partial charge in [-0.05, 0) is 93.0 Å². The molecular weight excluding hydrogens is 520 g/mol. The first-order chi connectivity index (χ1) is 20.4. The summed E-state index contributed by atoms with van der Waals surface area (Å²) in [4.78, 5) is 18.9. The van der Waals surface area contributed by atoms with Crippen molar-refractivity contribution in [3.05, 3.63) is 65.7 Å². The predicted molar refractivity (Wildman–Crippen MR) is 171 cm³/mol. The smallest absolute Gasteiger partial charge is 0.222 e. The highest BCUT2D eigenvalue weighted by atomic mass is 16.5. The summed E-state index contributed by atoms with van der Waals surface area (Å²) in [7, 11) is 3.65. The summed E-state index contributed by atoms with van der Waals surface area (Å²) in [5, 5.41) is 0. The van der Waals surface area contributed by atoms with Crippen LogP contribution in [-0.2, 0) is 21.4 Å². The molecule has 0 aromatic heterocycles. The molecule has 1 unspecified atom stereocenters. The molecule has 42 heavy (non-hydrogen) atoms. The second-order valence-corrected chi connectivity index (χ2v) is 13.8. The monoisotopic (exact) mass is 574 g/mol. The number of carbonyl (C=O) groups is 1. The van der Waals surface area contributed by atoms with E-state index in [-0.39, 0.29) is 17.6 Å². The maximum atomic E-state index is 13.9. The summed E-state index contributed by atoms with van der Waals surface area (Å²) in [6, 6.07) is 19.7. The van der Waals surface area contributed by atoms with Gasteiger partial charge >= 0.3 is 0 Å². The Morgan fingerprint density at radius 1 is 1.05 bits per heavy atom. The number of likely N-dealkylation sites (tertiary alicyclic amines) is 1. The van der Waals surface area contributed by atoms with Crippen molar-refractivity contribution in [1.82, 2.24) is 9.80 Å². The van der Waals surface area contributed by atoms with Crippen molar-refractivity contribution in [1.29, 1.82) is 0 Å². The maximum Gasteiger partial charge on any atom is 0.222 e. The summed E-state index contributed by atoms with van der Waals surface area (Å²) < 4.78 is 12.1. The number of rotatable bonds is 14. The van der Waals surface area contributed by atoms with E-state index >= 15 is 0 Å². The van der Waals surface area contributed by atoms with Gasteiger partial charge in [-0.15, -0.1) is 0 Å². The van der Waals surface area contributed by atoms with Gasteiger partial charge in [0.2, 0.25) is 5.91 Å². The second kappa shape index (κ2) is 14.4. The molecule has 2 aromatic carbocycles. The molecule has 0 N–H and O–H groups in total. The summed E-state index contributed by atoms with van der Waals surface area (Å²) in [5.74, 6) is 2.97. The minimum absolute atomic E-state index is 0.0244. The van der Waals surface area contributed by atoms with Crippen LogP contribution in [0.25, 0.3) is 0 Å². The number of hydrogen-bond donors (Lipinski definition) is 0. The van der Waals surface area contributed by atoms with Crippen LogP contribution in [0.5, 0.6) is 5.75 Å². The van der Waals surface area contributed by atoms with Gasteiger partial charge in [0.25, 0.3) is 0 Å². The highest BCUT2D eigenvalue weighted by molar-refractivity contribution is 5.76. The second-order valence-electron chi connectivity index (χ2n) is 13.8. The molecule has 5 heteroatoms. The molecule has 2 saturated carbocycles. The molecule has 1 saturated heterocycles. The average Bonchev–Trinajstić information content (AvgIpc) is 3.83. The van der Waals surface area contributed by atoms with Gasteiger partial charge in [0.15, 0.2) is 0 Å². The van der Waals surface area contributed by atoms with E-state index in [0.717, 1.165) is 76.2 Å². The molecule has 1 amide bonds. The van der Waals surface area contributed by atoms with Gasteiger partial charge in [-0.25, -0.2) is 0 Å².